The van der Waals surface area contributed by atoms with E-state index in [1.807, 2.05) is 54.3 Å². The molecule has 0 bridgehead atoms. The molecule has 0 saturated carbocycles. The smallest absolute Gasteiger partial charge is 0.276 e. The largest absolute Gasteiger partial charge is 0.484 e. The third-order valence-corrected chi connectivity index (χ3v) is 6.12. The van der Waals surface area contributed by atoms with Gasteiger partial charge < -0.3 is 14.2 Å². The lowest BCUT2D eigenvalue weighted by atomic mass is 9.77. The molecule has 1 spiro atoms. The Morgan fingerprint density at radius 2 is 2.10 bits per heavy atom. The van der Waals surface area contributed by atoms with E-state index >= 15 is 0 Å². The number of amides is 1. The zero-order chi connectivity index (χ0) is 21.4. The number of carbonyl (C=O) groups excluding carboxylic acids is 1. The summed E-state index contributed by atoms with van der Waals surface area (Å²) in [6.45, 7) is 4.43. The number of nitrogens with zero attached hydrogens (tertiary/aromatic N) is 5. The van der Waals surface area contributed by atoms with Gasteiger partial charge in [-0.3, -0.25) is 14.7 Å². The lowest BCUT2D eigenvalue weighted by molar-refractivity contribution is -0.144. The normalized spacial score (nSPS) is 20.1. The van der Waals surface area contributed by atoms with E-state index in [1.54, 1.807) is 6.20 Å². The van der Waals surface area contributed by atoms with Gasteiger partial charge in [0.25, 0.3) is 11.8 Å². The Kier molecular flexibility index (Phi) is 4.94. The first-order valence-corrected chi connectivity index (χ1v) is 10.4. The Labute approximate surface area is 180 Å². The molecule has 4 heterocycles. The second kappa shape index (κ2) is 7.77. The second-order valence-corrected chi connectivity index (χ2v) is 8.66. The number of rotatable bonds is 5. The molecule has 5 rings (SSSR count). The third kappa shape index (κ3) is 3.90. The molecule has 8 heteroatoms. The van der Waals surface area contributed by atoms with Gasteiger partial charge in [-0.2, -0.15) is 4.98 Å². The molecular weight excluding hydrogens is 394 g/mol. The van der Waals surface area contributed by atoms with Crippen LogP contribution >= 0.6 is 0 Å². The van der Waals surface area contributed by atoms with E-state index in [9.17, 15) is 4.79 Å². The van der Waals surface area contributed by atoms with Gasteiger partial charge >= 0.3 is 0 Å². The minimum absolute atomic E-state index is 0.0234. The van der Waals surface area contributed by atoms with E-state index in [4.69, 9.17) is 9.26 Å². The van der Waals surface area contributed by atoms with Crippen molar-refractivity contribution in [3.05, 3.63) is 60.0 Å². The summed E-state index contributed by atoms with van der Waals surface area (Å²) >= 11 is 0. The maximum absolute atomic E-state index is 12.6. The van der Waals surface area contributed by atoms with Gasteiger partial charge in [-0.05, 0) is 50.2 Å². The molecule has 1 unspecified atom stereocenters. The molecule has 1 atom stereocenters. The van der Waals surface area contributed by atoms with E-state index in [-0.39, 0.29) is 24.0 Å². The number of ether oxygens (including phenoxy) is 1. The van der Waals surface area contributed by atoms with Crippen LogP contribution in [0.3, 0.4) is 0 Å². The molecule has 0 aliphatic carbocycles. The predicted molar refractivity (Wildman–Crippen MR) is 113 cm³/mol. The summed E-state index contributed by atoms with van der Waals surface area (Å²) in [5.41, 5.74) is 1.86. The highest BCUT2D eigenvalue weighted by molar-refractivity contribution is 5.78. The van der Waals surface area contributed by atoms with Crippen molar-refractivity contribution in [1.82, 2.24) is 24.9 Å². The zero-order valence-electron chi connectivity index (χ0n) is 17.7. The first-order chi connectivity index (χ1) is 15.0. The van der Waals surface area contributed by atoms with Crippen molar-refractivity contribution in [1.29, 1.82) is 0 Å². The topological polar surface area (TPSA) is 84.6 Å². The van der Waals surface area contributed by atoms with Gasteiger partial charge in [-0.15, -0.1) is 0 Å². The monoisotopic (exact) mass is 419 g/mol. The molecule has 2 fully saturated rings. The molecule has 2 saturated heterocycles. The maximum atomic E-state index is 12.6. The average molecular weight is 419 g/mol. The van der Waals surface area contributed by atoms with Gasteiger partial charge in [0, 0.05) is 31.2 Å². The van der Waals surface area contributed by atoms with Crippen molar-refractivity contribution in [3.63, 3.8) is 0 Å². The van der Waals surface area contributed by atoms with Crippen LogP contribution in [0.15, 0.2) is 53.2 Å². The SMILES string of the molecule is Cc1cccc(OCC(=O)N2CC3(CC(c4noc(-c5ccccn5)n4)N(C)C3)C2)c1. The highest BCUT2D eigenvalue weighted by atomic mass is 16.5. The van der Waals surface area contributed by atoms with E-state index in [1.165, 1.54) is 0 Å². The number of likely N-dealkylation sites (tertiary alicyclic amines) is 2. The van der Waals surface area contributed by atoms with Crippen LogP contribution in [0, 0.1) is 12.3 Å². The molecule has 31 heavy (non-hydrogen) atoms. The van der Waals surface area contributed by atoms with Crippen LogP contribution in [-0.2, 0) is 4.79 Å². The van der Waals surface area contributed by atoms with E-state index < -0.39 is 0 Å². The number of hydrogen-bond donors (Lipinski definition) is 0. The standard InChI is InChI=1S/C23H25N5O3/c1-16-6-5-7-17(10-16)30-12-20(29)28-14-23(15-28)11-19(27(2)13-23)21-25-22(31-26-21)18-8-3-4-9-24-18/h3-10,19H,11-15H2,1-2H3. The van der Waals surface area contributed by atoms with Crippen molar-refractivity contribution in [2.45, 2.75) is 19.4 Å². The number of benzene rings is 1. The van der Waals surface area contributed by atoms with E-state index in [2.05, 4.69) is 27.1 Å². The fourth-order valence-corrected chi connectivity index (χ4v) is 4.63. The number of hydrogen-bond acceptors (Lipinski definition) is 7. The van der Waals surface area contributed by atoms with Gasteiger partial charge in [0.05, 0.1) is 6.04 Å². The number of pyridine rings is 1. The zero-order valence-corrected chi connectivity index (χ0v) is 17.7. The molecule has 0 radical (unpaired) electrons. The quantitative estimate of drug-likeness (QED) is 0.629. The lowest BCUT2D eigenvalue weighted by Crippen LogP contribution is -2.60. The summed E-state index contributed by atoms with van der Waals surface area (Å²) in [5.74, 6) is 1.86. The molecule has 1 amide bonds. The first-order valence-electron chi connectivity index (χ1n) is 10.4. The van der Waals surface area contributed by atoms with E-state index in [0.717, 1.165) is 37.4 Å². The van der Waals surface area contributed by atoms with Crippen LogP contribution in [0.25, 0.3) is 11.6 Å². The molecule has 2 aliphatic heterocycles. The Morgan fingerprint density at radius 3 is 2.87 bits per heavy atom. The van der Waals surface area contributed by atoms with Gasteiger partial charge in [0.1, 0.15) is 11.4 Å². The van der Waals surface area contributed by atoms with Gasteiger partial charge in [0.15, 0.2) is 12.4 Å². The first kappa shape index (κ1) is 19.7. The van der Waals surface area contributed by atoms with Crippen molar-refractivity contribution >= 4 is 5.91 Å². The van der Waals surface area contributed by atoms with Crippen molar-refractivity contribution in [3.8, 4) is 17.3 Å². The van der Waals surface area contributed by atoms with Crippen molar-refractivity contribution in [2.75, 3.05) is 33.3 Å². The van der Waals surface area contributed by atoms with Crippen molar-refractivity contribution in [2.24, 2.45) is 5.41 Å². The lowest BCUT2D eigenvalue weighted by Gasteiger charge is -2.48. The highest BCUT2D eigenvalue weighted by Gasteiger charge is 2.53. The van der Waals surface area contributed by atoms with Gasteiger partial charge in [-0.25, -0.2) is 0 Å². The molecule has 160 valence electrons. The van der Waals surface area contributed by atoms with Crippen LogP contribution in [0.1, 0.15) is 23.9 Å². The predicted octanol–water partition coefficient (Wildman–Crippen LogP) is 2.72. The average Bonchev–Trinajstić information content (AvgIpc) is 3.36. The van der Waals surface area contributed by atoms with Gasteiger partial charge in [0.2, 0.25) is 0 Å². The fourth-order valence-electron chi connectivity index (χ4n) is 4.63. The molecular formula is C23H25N5O3. The third-order valence-electron chi connectivity index (χ3n) is 6.12. The summed E-state index contributed by atoms with van der Waals surface area (Å²) in [6.07, 6.45) is 2.60. The number of aromatic nitrogens is 3. The number of carbonyl (C=O) groups is 1. The summed E-state index contributed by atoms with van der Waals surface area (Å²) in [5, 5.41) is 4.20. The molecule has 1 aromatic carbocycles. The summed E-state index contributed by atoms with van der Waals surface area (Å²) in [7, 11) is 2.07. The minimum Gasteiger partial charge on any atom is -0.484 e. The molecule has 2 aliphatic rings. The number of aryl methyl sites for hydroxylation is 1. The Bertz CT molecular complexity index is 1080. The Hall–Kier alpha value is -3.26. The minimum atomic E-state index is 0.0234. The summed E-state index contributed by atoms with van der Waals surface area (Å²) < 4.78 is 11.1. The summed E-state index contributed by atoms with van der Waals surface area (Å²) in [4.78, 5) is 25.5. The molecule has 2 aromatic heterocycles. The Morgan fingerprint density at radius 1 is 1.23 bits per heavy atom. The summed E-state index contributed by atoms with van der Waals surface area (Å²) in [6, 6.07) is 13.4. The Balaban J connectivity index is 1.18. The van der Waals surface area contributed by atoms with Gasteiger partial charge in [-0.1, -0.05) is 23.4 Å². The highest BCUT2D eigenvalue weighted by Crippen LogP contribution is 2.47. The second-order valence-electron chi connectivity index (χ2n) is 8.66. The van der Waals surface area contributed by atoms with Crippen LogP contribution in [-0.4, -0.2) is 64.1 Å². The van der Waals surface area contributed by atoms with Crippen LogP contribution in [0.2, 0.25) is 0 Å². The van der Waals surface area contributed by atoms with Crippen molar-refractivity contribution < 1.29 is 14.1 Å². The van der Waals surface area contributed by atoms with Crippen LogP contribution in [0.4, 0.5) is 0 Å². The molecule has 0 N–H and O–H groups in total. The van der Waals surface area contributed by atoms with Crippen LogP contribution in [0.5, 0.6) is 5.75 Å². The van der Waals surface area contributed by atoms with Crippen LogP contribution < -0.4 is 4.74 Å². The molecule has 3 aromatic rings. The van der Waals surface area contributed by atoms with E-state index in [0.29, 0.717) is 17.4 Å². The maximum Gasteiger partial charge on any atom is 0.276 e. The fraction of sp³-hybridized carbons (Fsp3) is 0.391. The molecule has 8 nitrogen and oxygen atoms in total.